The lowest BCUT2D eigenvalue weighted by Gasteiger charge is -2.21. The van der Waals surface area contributed by atoms with E-state index in [0.717, 1.165) is 9.87 Å². The van der Waals surface area contributed by atoms with Crippen LogP contribution in [0.3, 0.4) is 0 Å². The molecule has 0 heterocycles. The summed E-state index contributed by atoms with van der Waals surface area (Å²) in [5.74, 6) is 0.0196. The first-order chi connectivity index (χ1) is 15.4. The molecule has 0 aliphatic rings. The molecule has 3 aromatic rings. The molecule has 7 nitrogen and oxygen atoms in total. The van der Waals surface area contributed by atoms with Crippen LogP contribution in [0, 0.1) is 0 Å². The molecule has 1 amide bonds. The number of halogens is 1. The molecule has 0 saturated carbocycles. The van der Waals surface area contributed by atoms with Gasteiger partial charge in [-0.05, 0) is 42.0 Å². The number of sulfonamides is 1. The summed E-state index contributed by atoms with van der Waals surface area (Å²) >= 11 is 5.89. The van der Waals surface area contributed by atoms with Gasteiger partial charge in [-0.2, -0.15) is 9.41 Å². The molecular weight excluding hydrogens is 450 g/mol. The first-order valence-corrected chi connectivity index (χ1v) is 11.5. The average molecular weight is 472 g/mol. The maximum Gasteiger partial charge on any atom is 0.255 e. The normalized spacial score (nSPS) is 11.6. The molecule has 0 atom stereocenters. The van der Waals surface area contributed by atoms with Crippen LogP contribution < -0.4 is 10.2 Å². The van der Waals surface area contributed by atoms with Gasteiger partial charge in [-0.15, -0.1) is 0 Å². The third kappa shape index (κ3) is 6.16. The number of hydrogen-bond acceptors (Lipinski definition) is 5. The summed E-state index contributed by atoms with van der Waals surface area (Å²) in [5, 5.41) is 4.35. The number of ether oxygens (including phenoxy) is 1. The Morgan fingerprint density at radius 1 is 1.03 bits per heavy atom. The van der Waals surface area contributed by atoms with Gasteiger partial charge in [-0.3, -0.25) is 4.79 Å². The standard InChI is InChI=1S/C23H22ClN3O4S/c1-31-22-10-6-5-9-19(22)15-25-26-23(28)17-27(16-18-7-3-2-4-8-18)32(29,30)21-13-11-20(24)12-14-21/h2-15H,16-17H2,1H3,(H,26,28)/b25-15-. The first-order valence-electron chi connectivity index (χ1n) is 9.64. The maximum atomic E-state index is 13.2. The van der Waals surface area contributed by atoms with Crippen molar-refractivity contribution in [2.45, 2.75) is 11.4 Å². The van der Waals surface area contributed by atoms with Crippen molar-refractivity contribution in [3.8, 4) is 5.75 Å². The number of nitrogens with zero attached hydrogens (tertiary/aromatic N) is 2. The van der Waals surface area contributed by atoms with Crippen LogP contribution >= 0.6 is 11.6 Å². The number of benzene rings is 3. The predicted octanol–water partition coefficient (Wildman–Crippen LogP) is 3.69. The van der Waals surface area contributed by atoms with Crippen LogP contribution in [0.15, 0.2) is 88.9 Å². The number of amides is 1. The molecule has 0 bridgehead atoms. The van der Waals surface area contributed by atoms with E-state index in [-0.39, 0.29) is 11.4 Å². The van der Waals surface area contributed by atoms with Crippen LogP contribution in [0.5, 0.6) is 5.75 Å². The molecule has 0 radical (unpaired) electrons. The van der Waals surface area contributed by atoms with Gasteiger partial charge < -0.3 is 4.74 Å². The summed E-state index contributed by atoms with van der Waals surface area (Å²) in [6.07, 6.45) is 1.44. The smallest absolute Gasteiger partial charge is 0.255 e. The van der Waals surface area contributed by atoms with Gasteiger partial charge in [0.2, 0.25) is 10.0 Å². The van der Waals surface area contributed by atoms with Gasteiger partial charge in [0.25, 0.3) is 5.91 Å². The van der Waals surface area contributed by atoms with E-state index < -0.39 is 22.5 Å². The highest BCUT2D eigenvalue weighted by Crippen LogP contribution is 2.20. The third-order valence-electron chi connectivity index (χ3n) is 4.50. The number of methoxy groups -OCH3 is 1. The number of nitrogens with one attached hydrogen (secondary N) is 1. The Balaban J connectivity index is 1.78. The Hall–Kier alpha value is -3.20. The van der Waals surface area contributed by atoms with Crippen LogP contribution in [-0.2, 0) is 21.4 Å². The van der Waals surface area contributed by atoms with E-state index in [2.05, 4.69) is 10.5 Å². The van der Waals surface area contributed by atoms with Crippen LogP contribution in [0.1, 0.15) is 11.1 Å². The van der Waals surface area contributed by atoms with Gasteiger partial charge in [0.05, 0.1) is 24.8 Å². The number of para-hydroxylation sites is 1. The second kappa shape index (κ2) is 10.9. The zero-order valence-electron chi connectivity index (χ0n) is 17.3. The lowest BCUT2D eigenvalue weighted by molar-refractivity contribution is -0.121. The Bertz CT molecular complexity index is 1180. The monoisotopic (exact) mass is 471 g/mol. The fourth-order valence-corrected chi connectivity index (χ4v) is 4.42. The Labute approximate surface area is 192 Å². The molecule has 1 N–H and O–H groups in total. The Morgan fingerprint density at radius 2 is 1.69 bits per heavy atom. The minimum absolute atomic E-state index is 0.0233. The van der Waals surface area contributed by atoms with Crippen molar-refractivity contribution >= 4 is 33.7 Å². The summed E-state index contributed by atoms with van der Waals surface area (Å²) in [5.41, 5.74) is 3.80. The highest BCUT2D eigenvalue weighted by atomic mass is 35.5. The summed E-state index contributed by atoms with van der Waals surface area (Å²) in [4.78, 5) is 12.6. The van der Waals surface area contributed by atoms with Crippen molar-refractivity contribution in [3.05, 3.63) is 95.0 Å². The lowest BCUT2D eigenvalue weighted by atomic mass is 10.2. The van der Waals surface area contributed by atoms with E-state index >= 15 is 0 Å². The fourth-order valence-electron chi connectivity index (χ4n) is 2.91. The fraction of sp³-hybridized carbons (Fsp3) is 0.130. The van der Waals surface area contributed by atoms with E-state index in [0.29, 0.717) is 16.3 Å². The number of carbonyl (C=O) groups is 1. The van der Waals surface area contributed by atoms with Gasteiger partial charge >= 0.3 is 0 Å². The molecule has 3 rings (SSSR count). The zero-order chi connectivity index (χ0) is 23.0. The zero-order valence-corrected chi connectivity index (χ0v) is 18.9. The Morgan fingerprint density at radius 3 is 2.38 bits per heavy atom. The molecule has 0 spiro atoms. The van der Waals surface area contributed by atoms with E-state index in [9.17, 15) is 13.2 Å². The molecule has 0 aromatic heterocycles. The van der Waals surface area contributed by atoms with Crippen LogP contribution in [0.2, 0.25) is 5.02 Å². The minimum Gasteiger partial charge on any atom is -0.496 e. The quantitative estimate of drug-likeness (QED) is 0.381. The molecule has 166 valence electrons. The second-order valence-electron chi connectivity index (χ2n) is 6.75. The number of rotatable bonds is 9. The first kappa shape index (κ1) is 23.5. The second-order valence-corrected chi connectivity index (χ2v) is 9.12. The number of hydrazone groups is 1. The minimum atomic E-state index is -3.96. The molecule has 32 heavy (non-hydrogen) atoms. The van der Waals surface area contributed by atoms with Gasteiger partial charge in [0, 0.05) is 17.1 Å². The van der Waals surface area contributed by atoms with E-state index in [1.165, 1.54) is 37.6 Å². The Kier molecular flexibility index (Phi) is 7.99. The summed E-state index contributed by atoms with van der Waals surface area (Å²) in [7, 11) is -2.42. The van der Waals surface area contributed by atoms with Gasteiger partial charge in [0.15, 0.2) is 0 Å². The molecule has 0 unspecified atom stereocenters. The lowest BCUT2D eigenvalue weighted by Crippen LogP contribution is -2.39. The van der Waals surface area contributed by atoms with Crippen molar-refractivity contribution in [1.29, 1.82) is 0 Å². The summed E-state index contributed by atoms with van der Waals surface area (Å²) < 4.78 is 32.8. The SMILES string of the molecule is COc1ccccc1/C=N\NC(=O)CN(Cc1ccccc1)S(=O)(=O)c1ccc(Cl)cc1. The van der Waals surface area contributed by atoms with Crippen molar-refractivity contribution in [2.24, 2.45) is 5.10 Å². The van der Waals surface area contributed by atoms with E-state index in [1.54, 1.807) is 36.4 Å². The molecular formula is C23H22ClN3O4S. The maximum absolute atomic E-state index is 13.2. The predicted molar refractivity (Wildman–Crippen MR) is 124 cm³/mol. The topological polar surface area (TPSA) is 88.1 Å². The molecule has 3 aromatic carbocycles. The number of carbonyl (C=O) groups excluding carboxylic acids is 1. The molecule has 0 aliphatic heterocycles. The van der Waals surface area contributed by atoms with Crippen molar-refractivity contribution in [1.82, 2.24) is 9.73 Å². The highest BCUT2D eigenvalue weighted by Gasteiger charge is 2.27. The summed E-state index contributed by atoms with van der Waals surface area (Å²) in [6.45, 7) is -0.390. The van der Waals surface area contributed by atoms with Crippen LogP contribution in [0.4, 0.5) is 0 Å². The average Bonchev–Trinajstić information content (AvgIpc) is 2.80. The number of hydrogen-bond donors (Lipinski definition) is 1. The molecule has 0 saturated heterocycles. The van der Waals surface area contributed by atoms with Gasteiger partial charge in [-0.1, -0.05) is 54.1 Å². The third-order valence-corrected chi connectivity index (χ3v) is 6.56. The van der Waals surface area contributed by atoms with Crippen molar-refractivity contribution in [2.75, 3.05) is 13.7 Å². The molecule has 0 fully saturated rings. The van der Waals surface area contributed by atoms with E-state index in [4.69, 9.17) is 16.3 Å². The largest absolute Gasteiger partial charge is 0.496 e. The summed E-state index contributed by atoms with van der Waals surface area (Å²) in [6, 6.07) is 22.0. The van der Waals surface area contributed by atoms with Crippen molar-refractivity contribution < 1.29 is 17.9 Å². The van der Waals surface area contributed by atoms with Crippen molar-refractivity contribution in [3.63, 3.8) is 0 Å². The van der Waals surface area contributed by atoms with Crippen LogP contribution in [0.25, 0.3) is 0 Å². The van der Waals surface area contributed by atoms with Crippen LogP contribution in [-0.4, -0.2) is 38.5 Å². The van der Waals surface area contributed by atoms with E-state index in [1.807, 2.05) is 18.2 Å². The highest BCUT2D eigenvalue weighted by molar-refractivity contribution is 7.89. The molecule has 0 aliphatic carbocycles. The van der Waals surface area contributed by atoms with Gasteiger partial charge in [-0.25, -0.2) is 13.8 Å². The molecule has 9 heteroatoms. The van der Waals surface area contributed by atoms with Gasteiger partial charge in [0.1, 0.15) is 5.75 Å².